The molecule has 166 valence electrons. The third kappa shape index (κ3) is 3.94. The van der Waals surface area contributed by atoms with Gasteiger partial charge in [-0.1, -0.05) is 0 Å². The molecule has 0 bridgehead atoms. The van der Waals surface area contributed by atoms with Crippen LogP contribution in [-0.2, 0) is 7.05 Å². The number of nitriles is 1. The Bertz CT molecular complexity index is 1370. The Morgan fingerprint density at radius 2 is 2.12 bits per heavy atom. The number of carbonyl (C=O) groups is 1. The van der Waals surface area contributed by atoms with Gasteiger partial charge in [0.25, 0.3) is 0 Å². The molecule has 4 aromatic heterocycles. The second kappa shape index (κ2) is 8.23. The highest BCUT2D eigenvalue weighted by Crippen LogP contribution is 2.30. The van der Waals surface area contributed by atoms with Crippen LogP contribution in [-0.4, -0.2) is 60.2 Å². The van der Waals surface area contributed by atoms with E-state index in [2.05, 4.69) is 31.5 Å². The van der Waals surface area contributed by atoms with E-state index in [9.17, 15) is 10.1 Å². The SMILES string of the molecule is Cn1cc(-c2cn3ncc(C#N)c3c(-c3ccc(N4CC[C@H](CNC(=O)O)C4)nc3)n2)cn1. The number of hydrogen-bond acceptors (Lipinski definition) is 7. The van der Waals surface area contributed by atoms with Crippen LogP contribution < -0.4 is 10.2 Å². The van der Waals surface area contributed by atoms with Crippen molar-refractivity contribution in [2.24, 2.45) is 13.0 Å². The van der Waals surface area contributed by atoms with Crippen molar-refractivity contribution in [2.45, 2.75) is 6.42 Å². The Balaban J connectivity index is 1.47. The van der Waals surface area contributed by atoms with Crippen LogP contribution in [0.2, 0.25) is 0 Å². The van der Waals surface area contributed by atoms with E-state index in [0.29, 0.717) is 29.0 Å². The Morgan fingerprint density at radius 1 is 1.24 bits per heavy atom. The lowest BCUT2D eigenvalue weighted by molar-refractivity contribution is 0.192. The predicted molar refractivity (Wildman–Crippen MR) is 119 cm³/mol. The van der Waals surface area contributed by atoms with Crippen LogP contribution in [0.3, 0.4) is 0 Å². The van der Waals surface area contributed by atoms with Crippen molar-refractivity contribution in [1.82, 2.24) is 34.7 Å². The van der Waals surface area contributed by atoms with Gasteiger partial charge in [-0.3, -0.25) is 4.68 Å². The van der Waals surface area contributed by atoms with Gasteiger partial charge in [0.05, 0.1) is 30.0 Å². The first kappa shape index (κ1) is 20.4. The number of hydrogen-bond donors (Lipinski definition) is 2. The highest BCUT2D eigenvalue weighted by Gasteiger charge is 2.24. The van der Waals surface area contributed by atoms with Crippen molar-refractivity contribution in [3.05, 3.63) is 48.7 Å². The molecule has 1 aliphatic heterocycles. The van der Waals surface area contributed by atoms with Crippen molar-refractivity contribution < 1.29 is 9.90 Å². The minimum absolute atomic E-state index is 0.255. The lowest BCUT2D eigenvalue weighted by atomic mass is 10.1. The highest BCUT2D eigenvalue weighted by atomic mass is 16.4. The van der Waals surface area contributed by atoms with E-state index >= 15 is 0 Å². The number of carboxylic acid groups (broad SMARTS) is 1. The number of fused-ring (bicyclic) bond motifs is 1. The molecule has 0 radical (unpaired) electrons. The van der Waals surface area contributed by atoms with E-state index in [-0.39, 0.29) is 5.92 Å². The van der Waals surface area contributed by atoms with Gasteiger partial charge in [-0.15, -0.1) is 0 Å². The number of anilines is 1. The molecular formula is C22H21N9O2. The fraction of sp³-hybridized carbons (Fsp3) is 0.273. The van der Waals surface area contributed by atoms with Crippen molar-refractivity contribution in [2.75, 3.05) is 24.5 Å². The van der Waals surface area contributed by atoms with Crippen LogP contribution in [0, 0.1) is 17.2 Å². The maximum Gasteiger partial charge on any atom is 0.404 e. The average molecular weight is 443 g/mol. The normalized spacial score (nSPS) is 15.6. The first-order valence-corrected chi connectivity index (χ1v) is 10.5. The lowest BCUT2D eigenvalue weighted by Crippen LogP contribution is -2.29. The van der Waals surface area contributed by atoms with Crippen LogP contribution in [0.5, 0.6) is 0 Å². The summed E-state index contributed by atoms with van der Waals surface area (Å²) in [6, 6.07) is 6.06. The van der Waals surface area contributed by atoms with Crippen LogP contribution in [0.15, 0.2) is 43.1 Å². The van der Waals surface area contributed by atoms with Crippen LogP contribution >= 0.6 is 0 Å². The van der Waals surface area contributed by atoms with E-state index < -0.39 is 6.09 Å². The highest BCUT2D eigenvalue weighted by molar-refractivity contribution is 5.83. The second-order valence-corrected chi connectivity index (χ2v) is 8.03. The lowest BCUT2D eigenvalue weighted by Gasteiger charge is -2.18. The molecule has 2 N–H and O–H groups in total. The largest absolute Gasteiger partial charge is 0.465 e. The van der Waals surface area contributed by atoms with E-state index in [1.165, 1.54) is 6.20 Å². The van der Waals surface area contributed by atoms with Crippen molar-refractivity contribution >= 4 is 17.4 Å². The van der Waals surface area contributed by atoms with Gasteiger partial charge in [0.2, 0.25) is 0 Å². The molecule has 0 aliphatic carbocycles. The number of pyridine rings is 1. The minimum atomic E-state index is -1.00. The summed E-state index contributed by atoms with van der Waals surface area (Å²) in [5.41, 5.74) is 3.99. The summed E-state index contributed by atoms with van der Waals surface area (Å²) >= 11 is 0. The molecule has 11 nitrogen and oxygen atoms in total. The Hall–Kier alpha value is -4.46. The molecule has 1 atom stereocenters. The van der Waals surface area contributed by atoms with Gasteiger partial charge in [-0.2, -0.15) is 15.5 Å². The van der Waals surface area contributed by atoms with E-state index in [0.717, 1.165) is 36.5 Å². The molecule has 1 aliphatic rings. The van der Waals surface area contributed by atoms with Gasteiger partial charge in [0.1, 0.15) is 23.0 Å². The first-order valence-electron chi connectivity index (χ1n) is 10.5. The van der Waals surface area contributed by atoms with Gasteiger partial charge in [-0.25, -0.2) is 19.3 Å². The summed E-state index contributed by atoms with van der Waals surface area (Å²) in [5.74, 6) is 1.08. The summed E-state index contributed by atoms with van der Waals surface area (Å²) in [6.45, 7) is 2.00. The quantitative estimate of drug-likeness (QED) is 0.479. The van der Waals surface area contributed by atoms with E-state index in [1.54, 1.807) is 27.8 Å². The smallest absolute Gasteiger partial charge is 0.404 e. The molecule has 0 aromatic carbocycles. The summed E-state index contributed by atoms with van der Waals surface area (Å²) in [4.78, 5) is 22.4. The third-order valence-corrected chi connectivity index (χ3v) is 5.79. The zero-order valence-corrected chi connectivity index (χ0v) is 17.9. The van der Waals surface area contributed by atoms with E-state index in [4.69, 9.17) is 10.1 Å². The van der Waals surface area contributed by atoms with Gasteiger partial charge >= 0.3 is 6.09 Å². The fourth-order valence-corrected chi connectivity index (χ4v) is 4.14. The predicted octanol–water partition coefficient (Wildman–Crippen LogP) is 2.16. The Labute approximate surface area is 188 Å². The molecule has 5 rings (SSSR count). The van der Waals surface area contributed by atoms with Crippen molar-refractivity contribution in [3.63, 3.8) is 0 Å². The number of aromatic nitrogens is 6. The molecule has 4 aromatic rings. The molecule has 33 heavy (non-hydrogen) atoms. The minimum Gasteiger partial charge on any atom is -0.465 e. The van der Waals surface area contributed by atoms with Gasteiger partial charge in [0, 0.05) is 50.2 Å². The zero-order valence-electron chi connectivity index (χ0n) is 17.9. The van der Waals surface area contributed by atoms with Gasteiger partial charge in [-0.05, 0) is 24.5 Å². The molecule has 1 fully saturated rings. The molecule has 0 saturated carbocycles. The number of aryl methyl sites for hydroxylation is 1. The number of amides is 1. The van der Waals surface area contributed by atoms with Gasteiger partial charge in [0.15, 0.2) is 0 Å². The summed E-state index contributed by atoms with van der Waals surface area (Å²) in [5, 5.41) is 29.4. The number of rotatable bonds is 5. The monoisotopic (exact) mass is 443 g/mol. The van der Waals surface area contributed by atoms with Crippen LogP contribution in [0.1, 0.15) is 12.0 Å². The zero-order chi connectivity index (χ0) is 22.9. The van der Waals surface area contributed by atoms with Crippen molar-refractivity contribution in [1.29, 1.82) is 5.26 Å². The molecule has 0 spiro atoms. The number of nitrogens with one attached hydrogen (secondary N) is 1. The van der Waals surface area contributed by atoms with Crippen LogP contribution in [0.4, 0.5) is 10.6 Å². The van der Waals surface area contributed by atoms with Crippen LogP contribution in [0.25, 0.3) is 28.0 Å². The average Bonchev–Trinajstić information content (AvgIpc) is 3.56. The topological polar surface area (TPSA) is 137 Å². The molecule has 1 amide bonds. The Kier molecular flexibility index (Phi) is 5.10. The maximum absolute atomic E-state index is 10.7. The molecular weight excluding hydrogens is 422 g/mol. The second-order valence-electron chi connectivity index (χ2n) is 8.03. The summed E-state index contributed by atoms with van der Waals surface area (Å²) in [6.07, 6.45) is 8.58. The molecule has 11 heteroatoms. The molecule has 0 unspecified atom stereocenters. The summed E-state index contributed by atoms with van der Waals surface area (Å²) < 4.78 is 3.37. The first-order chi connectivity index (χ1) is 16.0. The van der Waals surface area contributed by atoms with Gasteiger partial charge < -0.3 is 15.3 Å². The maximum atomic E-state index is 10.7. The Morgan fingerprint density at radius 3 is 2.82 bits per heavy atom. The fourth-order valence-electron chi connectivity index (χ4n) is 4.14. The molecule has 1 saturated heterocycles. The standard InChI is InChI=1S/C22H21N9O2/c1-29-12-17(10-26-29)18-13-31-21(16(6-23)9-27-31)20(28-18)15-2-3-19(24-8-15)30-5-4-14(11-30)7-25-22(32)33/h2-3,8-10,12-14,25H,4-5,7,11H2,1H3,(H,32,33)/t14-/m1/s1. The number of nitrogens with zero attached hydrogens (tertiary/aromatic N) is 8. The summed E-state index contributed by atoms with van der Waals surface area (Å²) in [7, 11) is 1.84. The molecule has 5 heterocycles. The van der Waals surface area contributed by atoms with Crippen molar-refractivity contribution in [3.8, 4) is 28.6 Å². The third-order valence-electron chi connectivity index (χ3n) is 5.79. The van der Waals surface area contributed by atoms with E-state index in [1.807, 2.05) is 25.4 Å².